The predicted molar refractivity (Wildman–Crippen MR) is 102 cm³/mol. The molecular formula is C19H22N4O2S. The van der Waals surface area contributed by atoms with Crippen molar-refractivity contribution in [3.05, 3.63) is 52.2 Å². The van der Waals surface area contributed by atoms with Gasteiger partial charge in [-0.25, -0.2) is 4.68 Å². The number of thiophene rings is 1. The van der Waals surface area contributed by atoms with Crippen LogP contribution in [0.2, 0.25) is 0 Å². The van der Waals surface area contributed by atoms with Crippen LogP contribution in [0.3, 0.4) is 0 Å². The zero-order valence-corrected chi connectivity index (χ0v) is 15.6. The van der Waals surface area contributed by atoms with Gasteiger partial charge in [-0.05, 0) is 17.0 Å². The molecular weight excluding hydrogens is 348 g/mol. The molecule has 26 heavy (non-hydrogen) atoms. The lowest BCUT2D eigenvalue weighted by Gasteiger charge is -2.26. The minimum atomic E-state index is 0.604. The minimum Gasteiger partial charge on any atom is -0.378 e. The highest BCUT2D eigenvalue weighted by Crippen LogP contribution is 2.21. The first-order valence-corrected chi connectivity index (χ1v) is 9.61. The SMILES string of the molecule is Cn1nc(-c2ccc(COCc3cccs3)cc2)nc1N1CCOCC1. The molecule has 1 aromatic carbocycles. The third-order valence-electron chi connectivity index (χ3n) is 4.34. The van der Waals surface area contributed by atoms with Gasteiger partial charge in [-0.15, -0.1) is 16.4 Å². The summed E-state index contributed by atoms with van der Waals surface area (Å²) in [5.41, 5.74) is 2.16. The number of anilines is 1. The summed E-state index contributed by atoms with van der Waals surface area (Å²) >= 11 is 1.72. The van der Waals surface area contributed by atoms with Gasteiger partial charge < -0.3 is 14.4 Å². The van der Waals surface area contributed by atoms with E-state index in [-0.39, 0.29) is 0 Å². The summed E-state index contributed by atoms with van der Waals surface area (Å²) in [6, 6.07) is 12.4. The summed E-state index contributed by atoms with van der Waals surface area (Å²) in [7, 11) is 1.94. The highest BCUT2D eigenvalue weighted by Gasteiger charge is 2.18. The molecule has 3 aromatic rings. The van der Waals surface area contributed by atoms with Gasteiger partial charge in [0.25, 0.3) is 0 Å². The first-order chi connectivity index (χ1) is 12.8. The largest absolute Gasteiger partial charge is 0.378 e. The maximum Gasteiger partial charge on any atom is 0.224 e. The maximum absolute atomic E-state index is 5.77. The minimum absolute atomic E-state index is 0.604. The summed E-state index contributed by atoms with van der Waals surface area (Å²) in [6.45, 7) is 4.45. The summed E-state index contributed by atoms with van der Waals surface area (Å²) in [4.78, 5) is 8.18. The van der Waals surface area contributed by atoms with Crippen LogP contribution in [0.4, 0.5) is 5.95 Å². The second kappa shape index (κ2) is 7.99. The number of morpholine rings is 1. The molecule has 0 amide bonds. The van der Waals surface area contributed by atoms with Crippen LogP contribution in [0.5, 0.6) is 0 Å². The Kier molecular flexibility index (Phi) is 5.29. The van der Waals surface area contributed by atoms with Crippen molar-refractivity contribution in [1.29, 1.82) is 0 Å². The summed E-state index contributed by atoms with van der Waals surface area (Å²) in [5, 5.41) is 6.64. The lowest BCUT2D eigenvalue weighted by Crippen LogP contribution is -2.37. The monoisotopic (exact) mass is 370 g/mol. The molecule has 3 heterocycles. The summed E-state index contributed by atoms with van der Waals surface area (Å²) < 4.78 is 13.0. The quantitative estimate of drug-likeness (QED) is 0.667. The molecule has 0 atom stereocenters. The van der Waals surface area contributed by atoms with E-state index in [1.54, 1.807) is 11.3 Å². The molecule has 4 rings (SSSR count). The Bertz CT molecular complexity index is 824. The molecule has 1 fully saturated rings. The van der Waals surface area contributed by atoms with Gasteiger partial charge in [-0.3, -0.25) is 0 Å². The van der Waals surface area contributed by atoms with E-state index in [0.29, 0.717) is 13.2 Å². The number of ether oxygens (including phenoxy) is 2. The van der Waals surface area contributed by atoms with Crippen LogP contribution in [0, 0.1) is 0 Å². The van der Waals surface area contributed by atoms with E-state index in [2.05, 4.69) is 45.7 Å². The van der Waals surface area contributed by atoms with E-state index in [1.807, 2.05) is 17.8 Å². The number of hydrogen-bond acceptors (Lipinski definition) is 6. The standard InChI is InChI=1S/C19H22N4O2S/c1-22-19(23-8-10-24-11-9-23)20-18(21-22)16-6-4-15(5-7-16)13-25-14-17-3-2-12-26-17/h2-7,12H,8-11,13-14H2,1H3. The third kappa shape index (κ3) is 3.95. The van der Waals surface area contributed by atoms with Crippen molar-refractivity contribution in [2.75, 3.05) is 31.2 Å². The van der Waals surface area contributed by atoms with Gasteiger partial charge in [0.2, 0.25) is 5.95 Å². The van der Waals surface area contributed by atoms with Crippen molar-refractivity contribution < 1.29 is 9.47 Å². The predicted octanol–water partition coefficient (Wildman–Crippen LogP) is 3.10. The van der Waals surface area contributed by atoms with E-state index in [4.69, 9.17) is 14.5 Å². The Morgan fingerprint density at radius 2 is 1.92 bits per heavy atom. The molecule has 0 N–H and O–H groups in total. The molecule has 0 saturated carbocycles. The number of aryl methyl sites for hydroxylation is 1. The number of hydrogen-bond donors (Lipinski definition) is 0. The second-order valence-corrected chi connectivity index (χ2v) is 7.26. The average Bonchev–Trinajstić information content (AvgIpc) is 3.33. The Morgan fingerprint density at radius 3 is 2.65 bits per heavy atom. The molecule has 1 aliphatic heterocycles. The smallest absolute Gasteiger partial charge is 0.224 e. The van der Waals surface area contributed by atoms with Crippen LogP contribution >= 0.6 is 11.3 Å². The van der Waals surface area contributed by atoms with E-state index in [1.165, 1.54) is 4.88 Å². The molecule has 1 saturated heterocycles. The molecule has 1 aliphatic rings. The molecule has 0 spiro atoms. The maximum atomic E-state index is 5.77. The van der Waals surface area contributed by atoms with Crippen molar-refractivity contribution >= 4 is 17.3 Å². The Hall–Kier alpha value is -2.22. The molecule has 0 aliphatic carbocycles. The lowest BCUT2D eigenvalue weighted by atomic mass is 10.1. The Balaban J connectivity index is 1.40. The zero-order chi connectivity index (χ0) is 17.8. The van der Waals surface area contributed by atoms with E-state index >= 15 is 0 Å². The topological polar surface area (TPSA) is 52.4 Å². The third-order valence-corrected chi connectivity index (χ3v) is 5.19. The first kappa shape index (κ1) is 17.2. The van der Waals surface area contributed by atoms with Crippen LogP contribution in [0.1, 0.15) is 10.4 Å². The van der Waals surface area contributed by atoms with Gasteiger partial charge in [-0.1, -0.05) is 30.3 Å². The van der Waals surface area contributed by atoms with Crippen LogP contribution < -0.4 is 4.90 Å². The number of nitrogens with zero attached hydrogens (tertiary/aromatic N) is 4. The van der Waals surface area contributed by atoms with E-state index in [9.17, 15) is 0 Å². The molecule has 136 valence electrons. The fourth-order valence-electron chi connectivity index (χ4n) is 2.95. The van der Waals surface area contributed by atoms with Crippen LogP contribution in [0.15, 0.2) is 41.8 Å². The molecule has 7 heteroatoms. The summed E-state index contributed by atoms with van der Waals surface area (Å²) in [5.74, 6) is 1.65. The zero-order valence-electron chi connectivity index (χ0n) is 14.8. The highest BCUT2D eigenvalue weighted by molar-refractivity contribution is 7.09. The molecule has 6 nitrogen and oxygen atoms in total. The van der Waals surface area contributed by atoms with E-state index < -0.39 is 0 Å². The first-order valence-electron chi connectivity index (χ1n) is 8.73. The highest BCUT2D eigenvalue weighted by atomic mass is 32.1. The van der Waals surface area contributed by atoms with Gasteiger partial charge in [0, 0.05) is 30.6 Å². The fraction of sp³-hybridized carbons (Fsp3) is 0.368. The lowest BCUT2D eigenvalue weighted by molar-refractivity contribution is 0.109. The van der Waals surface area contributed by atoms with Crippen molar-refractivity contribution in [2.45, 2.75) is 13.2 Å². The van der Waals surface area contributed by atoms with Crippen LogP contribution in [-0.4, -0.2) is 41.1 Å². The molecule has 0 unspecified atom stereocenters. The summed E-state index contributed by atoms with van der Waals surface area (Å²) in [6.07, 6.45) is 0. The number of aromatic nitrogens is 3. The van der Waals surface area contributed by atoms with Crippen molar-refractivity contribution in [1.82, 2.24) is 14.8 Å². The van der Waals surface area contributed by atoms with Crippen molar-refractivity contribution in [3.8, 4) is 11.4 Å². The molecule has 0 bridgehead atoms. The molecule has 0 radical (unpaired) electrons. The van der Waals surface area contributed by atoms with Gasteiger partial charge in [0.1, 0.15) is 0 Å². The number of benzene rings is 1. The van der Waals surface area contributed by atoms with Crippen LogP contribution in [-0.2, 0) is 29.7 Å². The second-order valence-electron chi connectivity index (χ2n) is 6.23. The number of rotatable bonds is 6. The normalized spacial score (nSPS) is 14.7. The average molecular weight is 370 g/mol. The Morgan fingerprint density at radius 1 is 1.12 bits per heavy atom. The Labute approximate surface area is 157 Å². The fourth-order valence-corrected chi connectivity index (χ4v) is 3.59. The van der Waals surface area contributed by atoms with Crippen molar-refractivity contribution in [2.24, 2.45) is 7.05 Å². The van der Waals surface area contributed by atoms with Gasteiger partial charge >= 0.3 is 0 Å². The van der Waals surface area contributed by atoms with E-state index in [0.717, 1.165) is 49.2 Å². The van der Waals surface area contributed by atoms with Crippen LogP contribution in [0.25, 0.3) is 11.4 Å². The van der Waals surface area contributed by atoms with Gasteiger partial charge in [0.15, 0.2) is 5.82 Å². The van der Waals surface area contributed by atoms with Gasteiger partial charge in [-0.2, -0.15) is 4.98 Å². The van der Waals surface area contributed by atoms with Crippen molar-refractivity contribution in [3.63, 3.8) is 0 Å². The van der Waals surface area contributed by atoms with Gasteiger partial charge in [0.05, 0.1) is 26.4 Å². The molecule has 2 aromatic heterocycles.